The average molecular weight is 239 g/mol. The summed E-state index contributed by atoms with van der Waals surface area (Å²) in [5.41, 5.74) is 0.577. The first kappa shape index (κ1) is 12.0. The molecule has 0 amide bonds. The SMILES string of the molecule is O=[C]C(C(=O)Oc1ccccc1)c1ccccc1. The molecule has 0 spiro atoms. The molecule has 0 aromatic heterocycles. The summed E-state index contributed by atoms with van der Waals surface area (Å²) in [6.07, 6.45) is 1.71. The Kier molecular flexibility index (Phi) is 3.86. The standard InChI is InChI=1S/C15H11O3/c16-11-14(12-7-3-1-4-8-12)15(17)18-13-9-5-2-6-10-13/h1-10,14H. The van der Waals surface area contributed by atoms with Crippen molar-refractivity contribution in [2.45, 2.75) is 5.92 Å². The number of carbonyl (C=O) groups excluding carboxylic acids is 2. The van der Waals surface area contributed by atoms with E-state index in [1.165, 1.54) is 0 Å². The van der Waals surface area contributed by atoms with E-state index in [2.05, 4.69) is 0 Å². The van der Waals surface area contributed by atoms with E-state index in [4.69, 9.17) is 4.74 Å². The summed E-state index contributed by atoms with van der Waals surface area (Å²) in [6.45, 7) is 0. The smallest absolute Gasteiger partial charge is 0.326 e. The molecule has 89 valence electrons. The fourth-order valence-electron chi connectivity index (χ4n) is 1.56. The number of rotatable bonds is 4. The summed E-state index contributed by atoms with van der Waals surface area (Å²) in [7, 11) is 0. The molecular formula is C15H11O3. The topological polar surface area (TPSA) is 43.4 Å². The van der Waals surface area contributed by atoms with Crippen molar-refractivity contribution in [2.75, 3.05) is 0 Å². The van der Waals surface area contributed by atoms with Crippen LogP contribution in [0, 0.1) is 0 Å². The third-order valence-corrected chi connectivity index (χ3v) is 2.45. The van der Waals surface area contributed by atoms with E-state index >= 15 is 0 Å². The molecule has 18 heavy (non-hydrogen) atoms. The van der Waals surface area contributed by atoms with Crippen LogP contribution in [0.1, 0.15) is 11.5 Å². The molecule has 3 heteroatoms. The van der Waals surface area contributed by atoms with Crippen LogP contribution < -0.4 is 4.74 Å². The van der Waals surface area contributed by atoms with Crippen LogP contribution in [-0.2, 0) is 9.59 Å². The van der Waals surface area contributed by atoms with E-state index in [0.29, 0.717) is 11.3 Å². The zero-order valence-electron chi connectivity index (χ0n) is 9.58. The largest absolute Gasteiger partial charge is 0.426 e. The van der Waals surface area contributed by atoms with Crippen LogP contribution in [-0.4, -0.2) is 12.3 Å². The lowest BCUT2D eigenvalue weighted by Gasteiger charge is -2.09. The predicted octanol–water partition coefficient (Wildman–Crippen LogP) is 2.49. The lowest BCUT2D eigenvalue weighted by atomic mass is 10.0. The number of benzene rings is 2. The minimum Gasteiger partial charge on any atom is -0.426 e. The van der Waals surface area contributed by atoms with Gasteiger partial charge in [-0.25, -0.2) is 0 Å². The van der Waals surface area contributed by atoms with Crippen molar-refractivity contribution in [1.29, 1.82) is 0 Å². The maximum atomic E-state index is 11.9. The molecule has 3 nitrogen and oxygen atoms in total. The Labute approximate surface area is 105 Å². The molecule has 2 aromatic carbocycles. The number of esters is 1. The highest BCUT2D eigenvalue weighted by atomic mass is 16.5. The van der Waals surface area contributed by atoms with Gasteiger partial charge in [0.25, 0.3) is 0 Å². The van der Waals surface area contributed by atoms with Crippen LogP contribution in [0.3, 0.4) is 0 Å². The Hall–Kier alpha value is -2.42. The van der Waals surface area contributed by atoms with Gasteiger partial charge in [-0.05, 0) is 17.7 Å². The summed E-state index contributed by atoms with van der Waals surface area (Å²) in [5.74, 6) is -1.22. The zero-order valence-corrected chi connectivity index (χ0v) is 9.58. The van der Waals surface area contributed by atoms with Crippen LogP contribution >= 0.6 is 0 Å². The molecular weight excluding hydrogens is 228 g/mol. The summed E-state index contributed by atoms with van der Waals surface area (Å²) in [6, 6.07) is 17.4. The number of hydrogen-bond donors (Lipinski definition) is 0. The molecule has 0 fully saturated rings. The van der Waals surface area contributed by atoms with Crippen molar-refractivity contribution in [3.05, 3.63) is 66.2 Å². The lowest BCUT2D eigenvalue weighted by molar-refractivity contribution is -0.134. The van der Waals surface area contributed by atoms with Crippen molar-refractivity contribution < 1.29 is 14.3 Å². The summed E-state index contributed by atoms with van der Waals surface area (Å²) in [5, 5.41) is 0. The van der Waals surface area contributed by atoms with E-state index in [-0.39, 0.29) is 0 Å². The maximum absolute atomic E-state index is 11.9. The maximum Gasteiger partial charge on any atom is 0.326 e. The van der Waals surface area contributed by atoms with Gasteiger partial charge in [0.2, 0.25) is 6.29 Å². The van der Waals surface area contributed by atoms with Crippen LogP contribution in [0.25, 0.3) is 0 Å². The van der Waals surface area contributed by atoms with E-state index in [9.17, 15) is 9.59 Å². The van der Waals surface area contributed by atoms with Gasteiger partial charge in [0.1, 0.15) is 11.7 Å². The average Bonchev–Trinajstić information content (AvgIpc) is 2.42. The third kappa shape index (κ3) is 2.83. The first-order valence-corrected chi connectivity index (χ1v) is 5.50. The molecule has 0 N–H and O–H groups in total. The lowest BCUT2D eigenvalue weighted by Crippen LogP contribution is -2.19. The van der Waals surface area contributed by atoms with E-state index < -0.39 is 11.9 Å². The molecule has 1 radical (unpaired) electrons. The molecule has 2 rings (SSSR count). The van der Waals surface area contributed by atoms with Gasteiger partial charge >= 0.3 is 5.97 Å². The summed E-state index contributed by atoms with van der Waals surface area (Å²) >= 11 is 0. The van der Waals surface area contributed by atoms with Crippen LogP contribution in [0.4, 0.5) is 0 Å². The molecule has 0 saturated heterocycles. The Bertz CT molecular complexity index is 520. The Balaban J connectivity index is 2.14. The molecule has 0 bridgehead atoms. The minimum atomic E-state index is -1.01. The predicted molar refractivity (Wildman–Crippen MR) is 67.0 cm³/mol. The van der Waals surface area contributed by atoms with E-state index in [1.54, 1.807) is 54.8 Å². The first-order chi connectivity index (χ1) is 8.81. The van der Waals surface area contributed by atoms with Gasteiger partial charge in [-0.3, -0.25) is 9.59 Å². The molecule has 2 aromatic rings. The Morgan fingerprint density at radius 1 is 0.944 bits per heavy atom. The molecule has 1 unspecified atom stereocenters. The van der Waals surface area contributed by atoms with Gasteiger partial charge in [-0.15, -0.1) is 0 Å². The monoisotopic (exact) mass is 239 g/mol. The minimum absolute atomic E-state index is 0.415. The van der Waals surface area contributed by atoms with Crippen LogP contribution in [0.15, 0.2) is 60.7 Å². The Morgan fingerprint density at radius 2 is 1.50 bits per heavy atom. The van der Waals surface area contributed by atoms with E-state index in [1.807, 2.05) is 12.1 Å². The second kappa shape index (κ2) is 5.77. The number of carbonyl (C=O) groups is 1. The number of hydrogen-bond acceptors (Lipinski definition) is 3. The van der Waals surface area contributed by atoms with Crippen LogP contribution in [0.5, 0.6) is 5.75 Å². The van der Waals surface area contributed by atoms with Crippen molar-refractivity contribution in [1.82, 2.24) is 0 Å². The normalized spacial score (nSPS) is 11.6. The Morgan fingerprint density at radius 3 is 2.06 bits per heavy atom. The second-order valence-electron chi connectivity index (χ2n) is 3.70. The fraction of sp³-hybridized carbons (Fsp3) is 0.0667. The highest BCUT2D eigenvalue weighted by molar-refractivity contribution is 5.95. The molecule has 0 aliphatic carbocycles. The van der Waals surface area contributed by atoms with Gasteiger partial charge < -0.3 is 4.74 Å². The molecule has 0 heterocycles. The molecule has 0 aliphatic heterocycles. The van der Waals surface area contributed by atoms with Crippen molar-refractivity contribution in [3.63, 3.8) is 0 Å². The number of ether oxygens (including phenoxy) is 1. The van der Waals surface area contributed by atoms with E-state index in [0.717, 1.165) is 0 Å². The molecule has 1 atom stereocenters. The highest BCUT2D eigenvalue weighted by Crippen LogP contribution is 2.17. The first-order valence-electron chi connectivity index (χ1n) is 5.50. The zero-order chi connectivity index (χ0) is 12.8. The van der Waals surface area contributed by atoms with Crippen LogP contribution in [0.2, 0.25) is 0 Å². The van der Waals surface area contributed by atoms with Crippen molar-refractivity contribution >= 4 is 12.3 Å². The molecule has 0 saturated carbocycles. The van der Waals surface area contributed by atoms with Gasteiger partial charge in [-0.1, -0.05) is 48.5 Å². The quantitative estimate of drug-likeness (QED) is 0.467. The summed E-state index contributed by atoms with van der Waals surface area (Å²) < 4.78 is 5.12. The molecule has 0 aliphatic rings. The highest BCUT2D eigenvalue weighted by Gasteiger charge is 2.22. The van der Waals surface area contributed by atoms with Crippen molar-refractivity contribution in [2.24, 2.45) is 0 Å². The van der Waals surface area contributed by atoms with Gasteiger partial charge in [0, 0.05) is 0 Å². The third-order valence-electron chi connectivity index (χ3n) is 2.45. The van der Waals surface area contributed by atoms with Gasteiger partial charge in [-0.2, -0.15) is 0 Å². The van der Waals surface area contributed by atoms with Gasteiger partial charge in [0.05, 0.1) is 0 Å². The van der Waals surface area contributed by atoms with Crippen molar-refractivity contribution in [3.8, 4) is 5.75 Å². The van der Waals surface area contributed by atoms with Gasteiger partial charge in [0.15, 0.2) is 0 Å². The fourth-order valence-corrected chi connectivity index (χ4v) is 1.56. The summed E-state index contributed by atoms with van der Waals surface area (Å²) in [4.78, 5) is 22.8. The second-order valence-corrected chi connectivity index (χ2v) is 3.70. The number of para-hydroxylation sites is 1.